The maximum absolute atomic E-state index is 12.5. The van der Waals surface area contributed by atoms with E-state index in [0.717, 1.165) is 44.1 Å². The lowest BCUT2D eigenvalue weighted by molar-refractivity contribution is -0.158. The first-order valence-electron chi connectivity index (χ1n) is 17.9. The normalized spacial score (nSPS) is 13.3. The average molecular weight is 701 g/mol. The van der Waals surface area contributed by atoms with Crippen molar-refractivity contribution in [1.29, 1.82) is 0 Å². The predicted molar refractivity (Wildman–Crippen MR) is 187 cm³/mol. The number of nitrogens with one attached hydrogen (secondary N) is 1. The van der Waals surface area contributed by atoms with Gasteiger partial charge in [-0.2, -0.15) is 5.48 Å². The van der Waals surface area contributed by atoms with Crippen LogP contribution in [0.3, 0.4) is 0 Å². The van der Waals surface area contributed by atoms with Gasteiger partial charge in [-0.05, 0) is 67.6 Å². The lowest BCUT2D eigenvalue weighted by Crippen LogP contribution is -2.40. The van der Waals surface area contributed by atoms with Crippen LogP contribution in [-0.4, -0.2) is 114 Å². The van der Waals surface area contributed by atoms with Gasteiger partial charge >= 0.3 is 5.97 Å². The highest BCUT2D eigenvalue weighted by molar-refractivity contribution is 5.80. The first kappa shape index (κ1) is 41.0. The van der Waals surface area contributed by atoms with Gasteiger partial charge in [0.05, 0.1) is 72.5 Å². The van der Waals surface area contributed by atoms with Crippen molar-refractivity contribution >= 4 is 17.8 Å². The molecule has 0 saturated carbocycles. The number of hydrogen-bond acceptors (Lipinski definition) is 10. The van der Waals surface area contributed by atoms with Crippen molar-refractivity contribution in [3.8, 4) is 0 Å². The summed E-state index contributed by atoms with van der Waals surface area (Å²) >= 11 is 0. The fourth-order valence-corrected chi connectivity index (χ4v) is 5.50. The second kappa shape index (κ2) is 26.4. The van der Waals surface area contributed by atoms with Gasteiger partial charge in [0.2, 0.25) is 5.91 Å². The molecule has 50 heavy (non-hydrogen) atoms. The van der Waals surface area contributed by atoms with Crippen LogP contribution in [0.5, 0.6) is 0 Å². The number of piperidine rings is 1. The second-order valence-corrected chi connectivity index (χ2v) is 12.3. The Morgan fingerprint density at radius 3 is 1.78 bits per heavy atom. The van der Waals surface area contributed by atoms with Gasteiger partial charge in [0, 0.05) is 19.5 Å². The van der Waals surface area contributed by atoms with Gasteiger partial charge in [0.25, 0.3) is 5.91 Å². The Labute approximate surface area is 296 Å². The number of ether oxygens (including phenoxy) is 5. The van der Waals surface area contributed by atoms with Crippen molar-refractivity contribution in [2.45, 2.75) is 57.8 Å². The number of carbonyl (C=O) groups is 3. The number of hydroxylamine groups is 1. The van der Waals surface area contributed by atoms with Gasteiger partial charge in [-0.3, -0.25) is 9.59 Å². The zero-order valence-electron chi connectivity index (χ0n) is 29.4. The Kier molecular flexibility index (Phi) is 21.7. The molecule has 0 aromatic heterocycles. The molecular formula is C38H56N2O10. The number of hydrogen-bond donors (Lipinski definition) is 2. The van der Waals surface area contributed by atoms with E-state index in [1.165, 1.54) is 11.1 Å². The average Bonchev–Trinajstić information content (AvgIpc) is 3.14. The van der Waals surface area contributed by atoms with Crippen LogP contribution in [0.4, 0.5) is 0 Å². The Bertz CT molecular complexity index is 1190. The first-order chi connectivity index (χ1) is 24.5. The van der Waals surface area contributed by atoms with Gasteiger partial charge in [0.1, 0.15) is 6.61 Å². The zero-order chi connectivity index (χ0) is 35.5. The van der Waals surface area contributed by atoms with Crippen LogP contribution in [0, 0.1) is 5.92 Å². The van der Waals surface area contributed by atoms with E-state index in [1.807, 2.05) is 18.2 Å². The smallest absolute Gasteiger partial charge is 0.332 e. The summed E-state index contributed by atoms with van der Waals surface area (Å²) in [4.78, 5) is 43.9. The van der Waals surface area contributed by atoms with Gasteiger partial charge in [0.15, 0.2) is 0 Å². The SMILES string of the molecule is O=C(Cc1ccc(CCCCc2ccccc2)cc1)NOC(=O)CCC1CCN(C(=O)COCCOCCOCCOCCOCCO)CC1. The summed E-state index contributed by atoms with van der Waals surface area (Å²) in [7, 11) is 0. The van der Waals surface area contributed by atoms with Crippen LogP contribution in [0.15, 0.2) is 54.6 Å². The van der Waals surface area contributed by atoms with E-state index in [1.54, 1.807) is 4.90 Å². The van der Waals surface area contributed by atoms with E-state index >= 15 is 0 Å². The topological polar surface area (TPSA) is 142 Å². The number of benzene rings is 2. The molecule has 2 amide bonds. The highest BCUT2D eigenvalue weighted by Gasteiger charge is 2.23. The van der Waals surface area contributed by atoms with Crippen LogP contribution in [-0.2, 0) is 62.2 Å². The van der Waals surface area contributed by atoms with Crippen molar-refractivity contribution in [2.75, 3.05) is 85.8 Å². The molecule has 0 bridgehead atoms. The number of aliphatic hydroxyl groups is 1. The third kappa shape index (κ3) is 19.1. The summed E-state index contributed by atoms with van der Waals surface area (Å²) in [6.07, 6.45) is 6.93. The monoisotopic (exact) mass is 700 g/mol. The molecular weight excluding hydrogens is 644 g/mol. The molecule has 3 rings (SSSR count). The number of carbonyl (C=O) groups excluding carboxylic acids is 3. The Morgan fingerprint density at radius 1 is 0.680 bits per heavy atom. The number of aliphatic hydroxyl groups excluding tert-OH is 1. The first-order valence-corrected chi connectivity index (χ1v) is 17.9. The molecule has 278 valence electrons. The summed E-state index contributed by atoms with van der Waals surface area (Å²) in [6, 6.07) is 18.5. The molecule has 1 heterocycles. The Morgan fingerprint density at radius 2 is 1.20 bits per heavy atom. The fraction of sp³-hybridized carbons (Fsp3) is 0.605. The molecule has 12 heteroatoms. The van der Waals surface area contributed by atoms with Crippen molar-refractivity contribution in [3.63, 3.8) is 0 Å². The zero-order valence-corrected chi connectivity index (χ0v) is 29.4. The number of rotatable bonds is 26. The van der Waals surface area contributed by atoms with Crippen LogP contribution in [0.1, 0.15) is 55.2 Å². The summed E-state index contributed by atoms with van der Waals surface area (Å²) in [6.45, 7) is 4.96. The summed E-state index contributed by atoms with van der Waals surface area (Å²) in [5.74, 6) is -0.563. The molecule has 2 aromatic carbocycles. The van der Waals surface area contributed by atoms with Crippen LogP contribution >= 0.6 is 0 Å². The lowest BCUT2D eigenvalue weighted by Gasteiger charge is -2.31. The molecule has 1 fully saturated rings. The third-order valence-corrected chi connectivity index (χ3v) is 8.36. The van der Waals surface area contributed by atoms with Crippen LogP contribution in [0.25, 0.3) is 0 Å². The Balaban J connectivity index is 1.12. The minimum atomic E-state index is -0.462. The maximum atomic E-state index is 12.5. The second-order valence-electron chi connectivity index (χ2n) is 12.3. The molecule has 1 aliphatic heterocycles. The molecule has 0 atom stereocenters. The minimum Gasteiger partial charge on any atom is -0.394 e. The van der Waals surface area contributed by atoms with Gasteiger partial charge in [-0.15, -0.1) is 0 Å². The molecule has 0 radical (unpaired) electrons. The molecule has 2 aromatic rings. The largest absolute Gasteiger partial charge is 0.394 e. The van der Waals surface area contributed by atoms with Gasteiger partial charge < -0.3 is 38.5 Å². The summed E-state index contributed by atoms with van der Waals surface area (Å²) in [5, 5.41) is 8.61. The Hall–Kier alpha value is -3.39. The minimum absolute atomic E-state index is 0.00573. The van der Waals surface area contributed by atoms with E-state index in [0.29, 0.717) is 84.9 Å². The van der Waals surface area contributed by atoms with E-state index in [9.17, 15) is 14.4 Å². The number of unbranched alkanes of at least 4 members (excludes halogenated alkanes) is 1. The number of likely N-dealkylation sites (tertiary alicyclic amines) is 1. The summed E-state index contributed by atoms with van der Waals surface area (Å²) < 4.78 is 26.8. The van der Waals surface area contributed by atoms with Gasteiger partial charge in [-0.25, -0.2) is 4.79 Å². The number of amides is 2. The quantitative estimate of drug-likeness (QED) is 0.111. The predicted octanol–water partition coefficient (Wildman–Crippen LogP) is 3.46. The summed E-state index contributed by atoms with van der Waals surface area (Å²) in [5.41, 5.74) is 5.76. The number of nitrogens with zero attached hydrogens (tertiary/aromatic N) is 1. The standard InChI is InChI=1S/C38H56N2O10/c41-20-21-45-22-23-46-24-25-47-26-27-48-28-29-49-31-37(43)40-18-16-34(17-19-40)14-15-38(44)50-39-36(42)30-35-12-10-33(11-13-35)9-5-4-8-32-6-2-1-3-7-32/h1-3,6-7,10-13,34,41H,4-5,8-9,14-31H2,(H,39,42). The molecule has 1 saturated heterocycles. The maximum Gasteiger partial charge on any atom is 0.332 e. The third-order valence-electron chi connectivity index (χ3n) is 8.36. The van der Waals surface area contributed by atoms with Crippen LogP contribution < -0.4 is 5.48 Å². The highest BCUT2D eigenvalue weighted by atomic mass is 16.7. The molecule has 0 unspecified atom stereocenters. The van der Waals surface area contributed by atoms with Gasteiger partial charge in [-0.1, -0.05) is 54.6 Å². The molecule has 0 spiro atoms. The van der Waals surface area contributed by atoms with E-state index in [-0.39, 0.29) is 37.9 Å². The van der Waals surface area contributed by atoms with Crippen molar-refractivity contribution < 1.29 is 48.0 Å². The van der Waals surface area contributed by atoms with Crippen molar-refractivity contribution in [2.24, 2.45) is 5.92 Å². The molecule has 2 N–H and O–H groups in total. The molecule has 12 nitrogen and oxygen atoms in total. The van der Waals surface area contributed by atoms with E-state index in [4.69, 9.17) is 33.6 Å². The fourth-order valence-electron chi connectivity index (χ4n) is 5.50. The lowest BCUT2D eigenvalue weighted by atomic mass is 9.92. The molecule has 1 aliphatic rings. The van der Waals surface area contributed by atoms with E-state index in [2.05, 4.69) is 41.9 Å². The van der Waals surface area contributed by atoms with Crippen molar-refractivity contribution in [3.05, 3.63) is 71.3 Å². The van der Waals surface area contributed by atoms with E-state index < -0.39 is 5.97 Å². The van der Waals surface area contributed by atoms with Crippen molar-refractivity contribution in [1.82, 2.24) is 10.4 Å². The molecule has 0 aliphatic carbocycles. The van der Waals surface area contributed by atoms with Crippen LogP contribution in [0.2, 0.25) is 0 Å². The number of aryl methyl sites for hydroxylation is 2. The highest BCUT2D eigenvalue weighted by Crippen LogP contribution is 2.22.